The number of rotatable bonds is 4. The molecule has 0 bridgehead atoms. The lowest BCUT2D eigenvalue weighted by atomic mass is 9.84. The lowest BCUT2D eigenvalue weighted by Crippen LogP contribution is -2.08. The van der Waals surface area contributed by atoms with Gasteiger partial charge in [-0.25, -0.2) is 0 Å². The van der Waals surface area contributed by atoms with Gasteiger partial charge < -0.3 is 5.73 Å². The Morgan fingerprint density at radius 2 is 1.36 bits per heavy atom. The van der Waals surface area contributed by atoms with Gasteiger partial charge in [-0.2, -0.15) is 0 Å². The van der Waals surface area contributed by atoms with Crippen molar-refractivity contribution in [3.8, 4) is 0 Å². The van der Waals surface area contributed by atoms with E-state index in [-0.39, 0.29) is 10.8 Å². The molecule has 0 aliphatic heterocycles. The summed E-state index contributed by atoms with van der Waals surface area (Å²) in [4.78, 5) is 0. The molecule has 1 heteroatoms. The summed E-state index contributed by atoms with van der Waals surface area (Å²) in [7, 11) is 0. The van der Waals surface area contributed by atoms with Crippen molar-refractivity contribution in [2.24, 2.45) is 10.8 Å². The van der Waals surface area contributed by atoms with E-state index in [1.165, 1.54) is 39.0 Å². The summed E-state index contributed by atoms with van der Waals surface area (Å²) in [6.45, 7) is 38.4. The molecular weight excluding hydrogens is 470 g/mol. The lowest BCUT2D eigenvalue weighted by molar-refractivity contribution is 0.503. The topological polar surface area (TPSA) is 26.0 Å². The minimum atomic E-state index is 0.157. The van der Waals surface area contributed by atoms with Crippen LogP contribution in [0.25, 0.3) is 6.08 Å². The van der Waals surface area contributed by atoms with Gasteiger partial charge in [-0.3, -0.25) is 0 Å². The van der Waals surface area contributed by atoms with Gasteiger partial charge in [-0.1, -0.05) is 134 Å². The van der Waals surface area contributed by atoms with E-state index < -0.39 is 0 Å². The van der Waals surface area contributed by atoms with Crippen molar-refractivity contribution >= 4 is 11.8 Å². The molecule has 0 aliphatic rings. The van der Waals surface area contributed by atoms with Crippen molar-refractivity contribution < 1.29 is 0 Å². The van der Waals surface area contributed by atoms with Crippen LogP contribution in [0, 0.1) is 24.7 Å². The molecule has 216 valence electrons. The molecule has 1 nitrogen and oxygen atoms in total. The third-order valence-corrected chi connectivity index (χ3v) is 6.60. The molecule has 0 amide bonds. The Morgan fingerprint density at radius 1 is 0.821 bits per heavy atom. The predicted octanol–water partition coefficient (Wildman–Crippen LogP) is 12.1. The van der Waals surface area contributed by atoms with E-state index in [0.717, 1.165) is 5.69 Å². The molecule has 0 fully saturated rings. The number of benzene rings is 2. The number of aryl methyl sites for hydroxylation is 1. The van der Waals surface area contributed by atoms with Crippen molar-refractivity contribution in [2.45, 2.75) is 95.9 Å². The molecule has 2 aromatic rings. The van der Waals surface area contributed by atoms with Crippen LogP contribution in [0.5, 0.6) is 0 Å². The fourth-order valence-corrected chi connectivity index (χ4v) is 3.23. The average molecular weight is 530 g/mol. The number of allylic oxidation sites excluding steroid dienone is 6. The summed E-state index contributed by atoms with van der Waals surface area (Å²) in [6, 6.07) is 14.5. The first kappa shape index (κ1) is 38.1. The summed E-state index contributed by atoms with van der Waals surface area (Å²) in [6.07, 6.45) is 8.70. The van der Waals surface area contributed by atoms with Gasteiger partial charge in [0.15, 0.2) is 0 Å². The Labute approximate surface area is 243 Å². The minimum Gasteiger partial charge on any atom is -0.399 e. The number of nitrogens with two attached hydrogens (primary N) is 1. The first-order chi connectivity index (χ1) is 17.9. The molecule has 0 unspecified atom stereocenters. The Kier molecular flexibility index (Phi) is 17.8. The van der Waals surface area contributed by atoms with E-state index >= 15 is 0 Å². The largest absolute Gasteiger partial charge is 0.399 e. The predicted molar refractivity (Wildman–Crippen MR) is 182 cm³/mol. The van der Waals surface area contributed by atoms with Crippen LogP contribution in [0.1, 0.15) is 104 Å². The second-order valence-corrected chi connectivity index (χ2v) is 12.3. The second-order valence-electron chi connectivity index (χ2n) is 12.3. The average Bonchev–Trinajstić information content (AvgIpc) is 2.83. The number of anilines is 1. The molecule has 0 spiro atoms. The van der Waals surface area contributed by atoms with Crippen LogP contribution in [0.2, 0.25) is 0 Å². The SMILES string of the molecule is C/C=C\c1ccccc1C(C)C.C=C.C=C(/C=C(C)\C=C(/C)C(C)(C)C)C(C)(C)C.Cc1cccc(N)c1C. The quantitative estimate of drug-likeness (QED) is 0.238. The molecule has 0 heterocycles. The van der Waals surface area contributed by atoms with E-state index in [0.29, 0.717) is 5.92 Å². The molecule has 0 saturated heterocycles. The third-order valence-electron chi connectivity index (χ3n) is 6.60. The molecule has 39 heavy (non-hydrogen) atoms. The van der Waals surface area contributed by atoms with Crippen LogP contribution in [0.4, 0.5) is 5.69 Å². The minimum absolute atomic E-state index is 0.157. The lowest BCUT2D eigenvalue weighted by Gasteiger charge is -2.21. The monoisotopic (exact) mass is 529 g/mol. The summed E-state index contributed by atoms with van der Waals surface area (Å²) in [5.74, 6) is 0.609. The van der Waals surface area contributed by atoms with Crippen LogP contribution < -0.4 is 5.73 Å². The van der Waals surface area contributed by atoms with Crippen molar-refractivity contribution in [1.29, 1.82) is 0 Å². The Morgan fingerprint density at radius 3 is 1.77 bits per heavy atom. The van der Waals surface area contributed by atoms with Crippen LogP contribution in [0.3, 0.4) is 0 Å². The molecule has 0 aromatic heterocycles. The van der Waals surface area contributed by atoms with Crippen molar-refractivity contribution in [2.75, 3.05) is 5.73 Å². The highest BCUT2D eigenvalue weighted by molar-refractivity contribution is 5.54. The molecule has 2 rings (SSSR count). The third kappa shape index (κ3) is 15.8. The molecule has 2 N–H and O–H groups in total. The van der Waals surface area contributed by atoms with Crippen LogP contribution in [-0.4, -0.2) is 0 Å². The van der Waals surface area contributed by atoms with E-state index in [1.54, 1.807) is 0 Å². The molecule has 0 saturated carbocycles. The molecular formula is C38H59N. The maximum Gasteiger partial charge on any atom is 0.0346 e. The zero-order valence-corrected chi connectivity index (χ0v) is 27.6. The maximum absolute atomic E-state index is 5.62. The zero-order valence-electron chi connectivity index (χ0n) is 27.6. The Hall–Kier alpha value is -3.06. The van der Waals surface area contributed by atoms with E-state index in [9.17, 15) is 0 Å². The smallest absolute Gasteiger partial charge is 0.0346 e. The summed E-state index contributed by atoms with van der Waals surface area (Å²) in [5, 5.41) is 0. The Balaban J connectivity index is 0. The number of hydrogen-bond donors (Lipinski definition) is 1. The summed E-state index contributed by atoms with van der Waals surface area (Å²) < 4.78 is 0. The van der Waals surface area contributed by atoms with Crippen LogP contribution >= 0.6 is 0 Å². The normalized spacial score (nSPS) is 12.1. The summed E-state index contributed by atoms with van der Waals surface area (Å²) >= 11 is 0. The van der Waals surface area contributed by atoms with Gasteiger partial charge in [-0.05, 0) is 85.3 Å². The van der Waals surface area contributed by atoms with Gasteiger partial charge in [0.25, 0.3) is 0 Å². The molecule has 0 aliphatic carbocycles. The molecule has 0 radical (unpaired) electrons. The van der Waals surface area contributed by atoms with E-state index in [1.807, 2.05) is 19.1 Å². The van der Waals surface area contributed by atoms with Crippen molar-refractivity contribution in [1.82, 2.24) is 0 Å². The van der Waals surface area contributed by atoms with Gasteiger partial charge in [0, 0.05) is 5.69 Å². The highest BCUT2D eigenvalue weighted by atomic mass is 14.5. The van der Waals surface area contributed by atoms with Crippen LogP contribution in [0.15, 0.2) is 97.1 Å². The highest BCUT2D eigenvalue weighted by Gasteiger charge is 2.14. The van der Waals surface area contributed by atoms with Gasteiger partial charge in [0.1, 0.15) is 0 Å². The Bertz CT molecular complexity index is 1070. The van der Waals surface area contributed by atoms with E-state index in [4.69, 9.17) is 5.73 Å². The van der Waals surface area contributed by atoms with Crippen molar-refractivity contribution in [3.63, 3.8) is 0 Å². The standard InChI is InChI=1S/C16H28.C12H16.C8H11N.C2H4/c1-12(10-13(2)15(4,5)6)11-14(3)16(7,8)9;1-4-7-11-8-5-6-9-12(11)10(2)3;1-6-4-3-5-8(9)7(6)2;1-2/h10-11H,2H2,1,3-9H3;4-10H,1-3H3;3-5H,9H2,1-2H3;1-2H2/b12-10-,14-11+;7-4-;;. The van der Waals surface area contributed by atoms with Crippen LogP contribution in [-0.2, 0) is 0 Å². The number of nitrogen functional groups attached to an aromatic ring is 1. The maximum atomic E-state index is 5.62. The second kappa shape index (κ2) is 18.3. The van der Waals surface area contributed by atoms with Gasteiger partial charge >= 0.3 is 0 Å². The van der Waals surface area contributed by atoms with Gasteiger partial charge in [0.05, 0.1) is 0 Å². The first-order valence-electron chi connectivity index (χ1n) is 14.0. The van der Waals surface area contributed by atoms with Gasteiger partial charge in [0.2, 0.25) is 0 Å². The van der Waals surface area contributed by atoms with E-state index in [2.05, 4.69) is 157 Å². The van der Waals surface area contributed by atoms with Gasteiger partial charge in [-0.15, -0.1) is 13.2 Å². The fourth-order valence-electron chi connectivity index (χ4n) is 3.23. The highest BCUT2D eigenvalue weighted by Crippen LogP contribution is 2.28. The zero-order chi connectivity index (χ0) is 31.0. The first-order valence-corrected chi connectivity index (χ1v) is 14.0. The fraction of sp³-hybridized carbons (Fsp3) is 0.421. The van der Waals surface area contributed by atoms with Crippen molar-refractivity contribution in [3.05, 3.63) is 119 Å². The molecule has 0 atom stereocenters. The number of hydrogen-bond acceptors (Lipinski definition) is 1. The summed E-state index contributed by atoms with van der Waals surface area (Å²) in [5.41, 5.74) is 16.0. The molecule has 2 aromatic carbocycles.